The third kappa shape index (κ3) is 29.4. The van der Waals surface area contributed by atoms with Crippen LogP contribution in [0.2, 0.25) is 25.1 Å². The van der Waals surface area contributed by atoms with Crippen molar-refractivity contribution in [2.24, 2.45) is 0 Å². The molecule has 143 heavy (non-hydrogen) atoms. The van der Waals surface area contributed by atoms with E-state index in [-0.39, 0.29) is 27.8 Å². The van der Waals surface area contributed by atoms with Crippen LogP contribution in [0.25, 0.3) is 0 Å². The van der Waals surface area contributed by atoms with Crippen molar-refractivity contribution < 1.29 is 54.8 Å². The molecule has 3 aliphatic rings. The van der Waals surface area contributed by atoms with E-state index in [9.17, 15) is 31.1 Å². The summed E-state index contributed by atoms with van der Waals surface area (Å²) in [7, 11) is -5.17. The van der Waals surface area contributed by atoms with Crippen LogP contribution in [0.3, 0.4) is 0 Å². The fourth-order valence-corrected chi connectivity index (χ4v) is 23.3. The number of nitrogens with zero attached hydrogens (tertiary/aromatic N) is 12. The van der Waals surface area contributed by atoms with Crippen molar-refractivity contribution in [1.29, 1.82) is 0 Å². The van der Waals surface area contributed by atoms with Crippen LogP contribution < -0.4 is 97.2 Å². The monoisotopic (exact) mass is 2140 g/mol. The molecule has 0 bridgehead atoms. The van der Waals surface area contributed by atoms with Crippen molar-refractivity contribution in [1.82, 2.24) is 49.7 Å². The number of methoxy groups -OCH3 is 4. The SMILES string of the molecule is CC(C)Oc1cc(N2CCN(C)CC2)ccc1Nc1ncc(Cl)c(Nc2ccccc2P(C)(C)=O)n1.COc1cc(N2CCC(F)CC2)ccc1Nc1ncc(Cl)c(Nc2ccccc2P(C)(C)=O)n1.COc1cc(P(C)(C)=O)ccc1Nc1ncc(Cl)c(Nc2ccc(Cl)cc2OC)n1.COc1cc(P2(=O)CCN(Cc3ccccc3)CC2)ccc1Nc1ncc(Cl)c(Nc2ccccc2S(=O)(=O)C(C)C)n1. The number of alkyl halides is 1. The zero-order chi connectivity index (χ0) is 103. The van der Waals surface area contributed by atoms with Gasteiger partial charge >= 0.3 is 0 Å². The number of hydrogen-bond donors (Lipinski definition) is 8. The van der Waals surface area contributed by atoms with Crippen molar-refractivity contribution in [3.8, 4) is 28.7 Å². The number of likely N-dealkylation sites (N-methyl/N-ethyl adjacent to an activating group) is 1. The Bertz CT molecular complexity index is 6960. The Kier molecular flexibility index (Phi) is 37.2. The van der Waals surface area contributed by atoms with Crippen molar-refractivity contribution in [2.45, 2.75) is 69.5 Å². The van der Waals surface area contributed by atoms with Crippen LogP contribution in [0.4, 0.5) is 108 Å². The second kappa shape index (κ2) is 48.9. The van der Waals surface area contributed by atoms with Gasteiger partial charge < -0.3 is 99.2 Å². The number of benzene rings is 9. The molecule has 0 atom stereocenters. The third-order valence-electron chi connectivity index (χ3n) is 23.4. The summed E-state index contributed by atoms with van der Waals surface area (Å²) in [6.45, 7) is 25.4. The maximum absolute atomic E-state index is 14.0. The first-order chi connectivity index (χ1) is 68.1. The molecule has 3 aliphatic heterocycles. The van der Waals surface area contributed by atoms with Gasteiger partial charge in [0.05, 0.1) is 115 Å². The average Bonchev–Trinajstić information content (AvgIpc) is 0.778. The zero-order valence-electron chi connectivity index (χ0n) is 82.0. The molecule has 0 radical (unpaired) electrons. The van der Waals surface area contributed by atoms with E-state index in [2.05, 4.69) is 133 Å². The second-order valence-corrected chi connectivity index (χ2v) is 52.9. The topological polar surface area (TPSA) is 361 Å². The minimum absolute atomic E-state index is 0.00642. The molecule has 31 nitrogen and oxygen atoms in total. The summed E-state index contributed by atoms with van der Waals surface area (Å²) in [5, 5.41) is 29.5. The van der Waals surface area contributed by atoms with Crippen molar-refractivity contribution in [2.75, 3.05) is 192 Å². The van der Waals surface area contributed by atoms with Crippen LogP contribution >= 0.6 is 86.6 Å². The fourth-order valence-electron chi connectivity index (χ4n) is 15.5. The van der Waals surface area contributed by atoms with Crippen LogP contribution in [0.5, 0.6) is 28.7 Å². The summed E-state index contributed by atoms with van der Waals surface area (Å²) in [5.41, 5.74) is 8.44. The summed E-state index contributed by atoms with van der Waals surface area (Å²) in [5.74, 6) is 5.62. The molecule has 3 fully saturated rings. The Balaban J connectivity index is 0.000000161. The molecule has 756 valence electrons. The first-order valence-electron chi connectivity index (χ1n) is 45.9. The molecule has 0 saturated carbocycles. The number of nitrogens with one attached hydrogen (secondary N) is 8. The van der Waals surface area contributed by atoms with E-state index in [4.69, 9.17) is 81.7 Å². The Morgan fingerprint density at radius 2 is 0.797 bits per heavy atom. The summed E-state index contributed by atoms with van der Waals surface area (Å²) in [6.07, 6.45) is 7.52. The van der Waals surface area contributed by atoms with E-state index < -0.39 is 49.8 Å². The van der Waals surface area contributed by atoms with Gasteiger partial charge in [-0.3, -0.25) is 4.90 Å². The molecule has 13 aromatic rings. The van der Waals surface area contributed by atoms with Crippen molar-refractivity contribution in [3.05, 3.63) is 250 Å². The molecular formula is C101H118Cl5FN20O11P4S. The average molecular weight is 2140 g/mol. The fraction of sp³-hybridized carbons (Fsp3) is 0.307. The lowest BCUT2D eigenvalue weighted by Crippen LogP contribution is -2.44. The van der Waals surface area contributed by atoms with E-state index in [1.54, 1.807) is 149 Å². The summed E-state index contributed by atoms with van der Waals surface area (Å²) < 4.78 is 119. The number of ether oxygens (including phenoxy) is 5. The second-order valence-electron chi connectivity index (χ2n) is 35.6. The van der Waals surface area contributed by atoms with E-state index >= 15 is 0 Å². The highest BCUT2D eigenvalue weighted by Crippen LogP contribution is 2.49. The number of rotatable bonds is 32. The summed E-state index contributed by atoms with van der Waals surface area (Å²) >= 11 is 31.4. The maximum Gasteiger partial charge on any atom is 0.229 e. The first-order valence-corrected chi connectivity index (χ1v) is 59.3. The Morgan fingerprint density at radius 1 is 0.420 bits per heavy atom. The predicted molar refractivity (Wildman–Crippen MR) is 587 cm³/mol. The number of para-hydroxylation sites is 3. The molecular weight excluding hydrogens is 2020 g/mol. The number of aromatic nitrogens is 8. The molecule has 0 unspecified atom stereocenters. The smallest absolute Gasteiger partial charge is 0.229 e. The largest absolute Gasteiger partial charge is 0.495 e. The third-order valence-corrected chi connectivity index (χ3v) is 34.6. The normalized spacial score (nSPS) is 14.1. The van der Waals surface area contributed by atoms with Gasteiger partial charge in [0.1, 0.15) is 83.6 Å². The Hall–Kier alpha value is -11.5. The molecule has 8 N–H and O–H groups in total. The molecule has 4 aromatic heterocycles. The predicted octanol–water partition coefficient (Wildman–Crippen LogP) is 23.1. The van der Waals surface area contributed by atoms with Gasteiger partial charge in [-0.15, -0.1) is 0 Å². The molecule has 0 amide bonds. The lowest BCUT2D eigenvalue weighted by atomic mass is 10.1. The van der Waals surface area contributed by atoms with Gasteiger partial charge in [0.2, 0.25) is 23.8 Å². The number of anilines is 18. The highest BCUT2D eigenvalue weighted by Gasteiger charge is 2.33. The van der Waals surface area contributed by atoms with Gasteiger partial charge in [-0.25, -0.2) is 32.7 Å². The minimum Gasteiger partial charge on any atom is -0.495 e. The molecule has 3 saturated heterocycles. The van der Waals surface area contributed by atoms with Crippen molar-refractivity contribution in [3.63, 3.8) is 0 Å². The van der Waals surface area contributed by atoms with Gasteiger partial charge in [-0.2, -0.15) is 19.9 Å². The number of sulfone groups is 1. The van der Waals surface area contributed by atoms with E-state index in [1.807, 2.05) is 123 Å². The Morgan fingerprint density at radius 3 is 1.25 bits per heavy atom. The van der Waals surface area contributed by atoms with Gasteiger partial charge in [-0.05, 0) is 202 Å². The van der Waals surface area contributed by atoms with Crippen molar-refractivity contribution >= 4 is 222 Å². The lowest BCUT2D eigenvalue weighted by Gasteiger charge is -2.34. The van der Waals surface area contributed by atoms with Crippen LogP contribution in [0.15, 0.2) is 224 Å². The first kappa shape index (κ1) is 109. The molecule has 42 heteroatoms. The van der Waals surface area contributed by atoms with Crippen LogP contribution in [-0.4, -0.2) is 216 Å². The molecule has 0 aliphatic carbocycles. The van der Waals surface area contributed by atoms with Crippen LogP contribution in [0.1, 0.15) is 46.1 Å². The maximum atomic E-state index is 14.0. The standard InChI is InChI=1S/C31H35ClN5O4PS.C26H34ClN6O2P.C24H28ClFN5O2P.C20H21Cl2N4O3P/c1-22(2)43(39,40)29-12-8-7-11-27(29)34-30-25(32)20-33-31(36-30)35-26-14-13-24(19-28(26)41-3)42(38)17-15-37(16-18-42)21-23-9-5-4-6-10-23;1-18(2)35-23-16-19(33-14-12-32(3)13-15-33)10-11-21(23)30-26-28-17-20(27)25(31-26)29-22-8-6-7-9-24(22)36(4,5)34;1-33-21-14-17(31-12-10-16(26)11-13-31)8-9-19(21)29-24-27-15-18(25)23(30-24)28-20-6-4-5-7-22(20)34(2,3)32;1-28-17-9-12(21)5-7-15(17)24-19-14(22)11-23-20(26-19)25-16-8-6-13(30(3,4)27)10-18(16)29-2/h4-14,19-20,22H,15-18,21H2,1-3H3,(H2,33,34,35,36);6-11,16-18H,12-15H2,1-5H3,(H2,28,29,30,31);4-9,14-16H,10-13H2,1-3H3,(H2,27,28,29,30);5-11H,1-4H3,(H2,23,24,25,26). The highest BCUT2D eigenvalue weighted by molar-refractivity contribution is 7.92. The number of piperazine rings is 1. The van der Waals surface area contributed by atoms with Crippen LogP contribution in [0, 0.1) is 0 Å². The van der Waals surface area contributed by atoms with Gasteiger partial charge in [0.25, 0.3) is 0 Å². The quantitative estimate of drug-likeness (QED) is 0.0182. The lowest BCUT2D eigenvalue weighted by molar-refractivity contribution is 0.243. The van der Waals surface area contributed by atoms with Gasteiger partial charge in [-0.1, -0.05) is 125 Å². The number of hydrogen-bond acceptors (Lipinski definition) is 31. The summed E-state index contributed by atoms with van der Waals surface area (Å²) in [6, 6.07) is 59.8. The summed E-state index contributed by atoms with van der Waals surface area (Å²) in [4.78, 5) is 44.6. The molecule has 16 rings (SSSR count). The molecule has 0 spiro atoms. The molecule has 7 heterocycles. The van der Waals surface area contributed by atoms with E-state index in [0.717, 1.165) is 84.5 Å². The van der Waals surface area contributed by atoms with E-state index in [1.165, 1.54) is 24.2 Å². The highest BCUT2D eigenvalue weighted by atomic mass is 35.5. The minimum atomic E-state index is -3.55. The van der Waals surface area contributed by atoms with Crippen LogP contribution in [-0.2, 0) is 34.6 Å². The number of piperidine rings is 1. The van der Waals surface area contributed by atoms with E-state index in [0.29, 0.717) is 162 Å². The Labute approximate surface area is 860 Å². The molecule has 9 aromatic carbocycles. The van der Waals surface area contributed by atoms with Gasteiger partial charge in [0, 0.05) is 127 Å². The van der Waals surface area contributed by atoms with Gasteiger partial charge in [0.15, 0.2) is 33.1 Å². The zero-order valence-corrected chi connectivity index (χ0v) is 90.2. The number of halogens is 6.